The van der Waals surface area contributed by atoms with Crippen LogP contribution in [0.25, 0.3) is 0 Å². The van der Waals surface area contributed by atoms with Gasteiger partial charge in [0.25, 0.3) is 0 Å². The standard InChI is InChI=1S/C14H20ClNO3/c1-18-13-10-11(9-12(15)14(13)17)3-2-4-16-5-7-19-8-6-16/h9-10,17H,2-8H2,1H3. The van der Waals surface area contributed by atoms with Gasteiger partial charge in [0.1, 0.15) is 0 Å². The Kier molecular flexibility index (Phi) is 5.31. The molecule has 1 fully saturated rings. The average Bonchev–Trinajstić information content (AvgIpc) is 2.43. The van der Waals surface area contributed by atoms with E-state index in [2.05, 4.69) is 4.90 Å². The van der Waals surface area contributed by atoms with Gasteiger partial charge in [0.2, 0.25) is 0 Å². The van der Waals surface area contributed by atoms with Crippen molar-refractivity contribution in [3.05, 3.63) is 22.7 Å². The molecule has 106 valence electrons. The predicted molar refractivity (Wildman–Crippen MR) is 75.2 cm³/mol. The first-order valence-corrected chi connectivity index (χ1v) is 6.94. The lowest BCUT2D eigenvalue weighted by molar-refractivity contribution is 0.0374. The third-order valence-corrected chi connectivity index (χ3v) is 3.64. The first-order chi connectivity index (χ1) is 9.20. The number of aryl methyl sites for hydroxylation is 1. The zero-order chi connectivity index (χ0) is 13.7. The summed E-state index contributed by atoms with van der Waals surface area (Å²) in [7, 11) is 1.53. The van der Waals surface area contributed by atoms with E-state index < -0.39 is 0 Å². The van der Waals surface area contributed by atoms with E-state index in [4.69, 9.17) is 21.1 Å². The SMILES string of the molecule is COc1cc(CCCN2CCOCC2)cc(Cl)c1O. The van der Waals surface area contributed by atoms with E-state index in [1.807, 2.05) is 6.07 Å². The van der Waals surface area contributed by atoms with Gasteiger partial charge in [0.15, 0.2) is 11.5 Å². The smallest absolute Gasteiger partial charge is 0.176 e. The lowest BCUT2D eigenvalue weighted by Gasteiger charge is -2.26. The van der Waals surface area contributed by atoms with Crippen molar-refractivity contribution in [3.63, 3.8) is 0 Å². The molecule has 1 aromatic carbocycles. The molecule has 0 aliphatic carbocycles. The first-order valence-electron chi connectivity index (χ1n) is 6.56. The second-order valence-corrected chi connectivity index (χ2v) is 5.09. The van der Waals surface area contributed by atoms with Crippen molar-refractivity contribution in [1.82, 2.24) is 4.90 Å². The molecule has 5 heteroatoms. The van der Waals surface area contributed by atoms with Crippen LogP contribution in [0.15, 0.2) is 12.1 Å². The van der Waals surface area contributed by atoms with E-state index in [1.165, 1.54) is 7.11 Å². The fourth-order valence-electron chi connectivity index (χ4n) is 2.26. The van der Waals surface area contributed by atoms with E-state index in [1.54, 1.807) is 6.07 Å². The van der Waals surface area contributed by atoms with E-state index in [0.717, 1.165) is 51.3 Å². The number of aromatic hydroxyl groups is 1. The van der Waals surface area contributed by atoms with Crippen LogP contribution in [0, 0.1) is 0 Å². The third kappa shape index (κ3) is 4.00. The van der Waals surface area contributed by atoms with Crippen molar-refractivity contribution >= 4 is 11.6 Å². The highest BCUT2D eigenvalue weighted by Gasteiger charge is 2.11. The summed E-state index contributed by atoms with van der Waals surface area (Å²) in [6, 6.07) is 3.65. The Bertz CT molecular complexity index is 419. The summed E-state index contributed by atoms with van der Waals surface area (Å²) in [4.78, 5) is 2.41. The van der Waals surface area contributed by atoms with Crippen molar-refractivity contribution in [2.75, 3.05) is 40.0 Å². The molecule has 0 atom stereocenters. The molecule has 1 aliphatic rings. The molecule has 0 saturated carbocycles. The fourth-order valence-corrected chi connectivity index (χ4v) is 2.49. The van der Waals surface area contributed by atoms with Crippen LogP contribution in [0.4, 0.5) is 0 Å². The third-order valence-electron chi connectivity index (χ3n) is 3.35. The Morgan fingerprint density at radius 3 is 2.79 bits per heavy atom. The number of hydrogen-bond acceptors (Lipinski definition) is 4. The summed E-state index contributed by atoms with van der Waals surface area (Å²) in [5.41, 5.74) is 1.09. The summed E-state index contributed by atoms with van der Waals surface area (Å²) in [5, 5.41) is 10.0. The minimum atomic E-state index is 0.0149. The maximum atomic E-state index is 9.67. The molecule has 1 aliphatic heterocycles. The topological polar surface area (TPSA) is 41.9 Å². The summed E-state index contributed by atoms with van der Waals surface area (Å²) >= 11 is 5.97. The fraction of sp³-hybridized carbons (Fsp3) is 0.571. The van der Waals surface area contributed by atoms with Gasteiger partial charge in [-0.25, -0.2) is 0 Å². The molecule has 0 spiro atoms. The number of methoxy groups -OCH3 is 1. The molecular formula is C14H20ClNO3. The lowest BCUT2D eigenvalue weighted by atomic mass is 10.1. The molecule has 0 bridgehead atoms. The Balaban J connectivity index is 1.86. The van der Waals surface area contributed by atoms with Gasteiger partial charge < -0.3 is 14.6 Å². The number of ether oxygens (including phenoxy) is 2. The van der Waals surface area contributed by atoms with Gasteiger partial charge in [-0.2, -0.15) is 0 Å². The molecule has 2 rings (SSSR count). The molecular weight excluding hydrogens is 266 g/mol. The van der Waals surface area contributed by atoms with Crippen molar-refractivity contribution < 1.29 is 14.6 Å². The van der Waals surface area contributed by atoms with Crippen molar-refractivity contribution in [2.45, 2.75) is 12.8 Å². The molecule has 1 saturated heterocycles. The molecule has 0 radical (unpaired) electrons. The van der Waals surface area contributed by atoms with Gasteiger partial charge in [0.05, 0.1) is 25.3 Å². The van der Waals surface area contributed by atoms with E-state index in [-0.39, 0.29) is 5.75 Å². The van der Waals surface area contributed by atoms with Crippen LogP contribution >= 0.6 is 11.6 Å². The van der Waals surface area contributed by atoms with E-state index in [0.29, 0.717) is 10.8 Å². The van der Waals surface area contributed by atoms with Crippen molar-refractivity contribution in [3.8, 4) is 11.5 Å². The second kappa shape index (κ2) is 6.98. The van der Waals surface area contributed by atoms with E-state index in [9.17, 15) is 5.11 Å². The largest absolute Gasteiger partial charge is 0.503 e. The van der Waals surface area contributed by atoms with Crippen LogP contribution < -0.4 is 4.74 Å². The van der Waals surface area contributed by atoms with Gasteiger partial charge in [0, 0.05) is 13.1 Å². The number of nitrogens with zero attached hydrogens (tertiary/aromatic N) is 1. The highest BCUT2D eigenvalue weighted by Crippen LogP contribution is 2.35. The molecule has 0 amide bonds. The quantitative estimate of drug-likeness (QED) is 0.901. The second-order valence-electron chi connectivity index (χ2n) is 4.69. The molecule has 0 aromatic heterocycles. The molecule has 1 N–H and O–H groups in total. The summed E-state index contributed by atoms with van der Waals surface area (Å²) in [5.74, 6) is 0.454. The van der Waals surface area contributed by atoms with Gasteiger partial charge >= 0.3 is 0 Å². The minimum absolute atomic E-state index is 0.0149. The summed E-state index contributed by atoms with van der Waals surface area (Å²) in [6.45, 7) is 4.75. The number of phenols is 1. The highest BCUT2D eigenvalue weighted by atomic mass is 35.5. The normalized spacial score (nSPS) is 16.5. The Hall–Kier alpha value is -0.970. The monoisotopic (exact) mass is 285 g/mol. The van der Waals surface area contributed by atoms with Crippen molar-refractivity contribution in [1.29, 1.82) is 0 Å². The average molecular weight is 286 g/mol. The molecule has 19 heavy (non-hydrogen) atoms. The molecule has 0 unspecified atom stereocenters. The van der Waals surface area contributed by atoms with Crippen LogP contribution in [0.2, 0.25) is 5.02 Å². The summed E-state index contributed by atoms with van der Waals surface area (Å²) in [6.07, 6.45) is 1.98. The van der Waals surface area contributed by atoms with Crippen LogP contribution in [0.5, 0.6) is 11.5 Å². The summed E-state index contributed by atoms with van der Waals surface area (Å²) < 4.78 is 10.4. The maximum Gasteiger partial charge on any atom is 0.176 e. The Morgan fingerprint density at radius 2 is 2.11 bits per heavy atom. The van der Waals surface area contributed by atoms with Gasteiger partial charge in [-0.3, -0.25) is 4.90 Å². The number of morpholine rings is 1. The minimum Gasteiger partial charge on any atom is -0.503 e. The van der Waals surface area contributed by atoms with Crippen LogP contribution in [0.3, 0.4) is 0 Å². The zero-order valence-corrected chi connectivity index (χ0v) is 11.9. The van der Waals surface area contributed by atoms with Gasteiger partial charge in [-0.05, 0) is 37.1 Å². The van der Waals surface area contributed by atoms with Crippen LogP contribution in [0.1, 0.15) is 12.0 Å². The number of hydrogen-bond donors (Lipinski definition) is 1. The number of phenolic OH excluding ortho intramolecular Hbond substituents is 1. The predicted octanol–water partition coefficient (Wildman–Crippen LogP) is 2.32. The highest BCUT2D eigenvalue weighted by molar-refractivity contribution is 6.32. The number of benzene rings is 1. The van der Waals surface area contributed by atoms with Gasteiger partial charge in [-0.1, -0.05) is 11.6 Å². The van der Waals surface area contributed by atoms with Crippen molar-refractivity contribution in [2.24, 2.45) is 0 Å². The Morgan fingerprint density at radius 1 is 1.37 bits per heavy atom. The maximum absolute atomic E-state index is 9.67. The number of rotatable bonds is 5. The van der Waals surface area contributed by atoms with Crippen LogP contribution in [-0.4, -0.2) is 50.0 Å². The first kappa shape index (κ1) is 14.4. The molecule has 1 aromatic rings. The lowest BCUT2D eigenvalue weighted by Crippen LogP contribution is -2.36. The number of halogens is 1. The zero-order valence-electron chi connectivity index (χ0n) is 11.2. The molecule has 1 heterocycles. The Labute approximate surface area is 118 Å². The molecule has 4 nitrogen and oxygen atoms in total. The van der Waals surface area contributed by atoms with Crippen LogP contribution in [-0.2, 0) is 11.2 Å². The van der Waals surface area contributed by atoms with E-state index >= 15 is 0 Å². The van der Waals surface area contributed by atoms with Gasteiger partial charge in [-0.15, -0.1) is 0 Å².